The lowest BCUT2D eigenvalue weighted by atomic mass is 9.79. The molecule has 88 valence electrons. The second kappa shape index (κ2) is 4.42. The normalized spacial score (nSPS) is 35.2. The Bertz CT molecular complexity index is 329. The molecule has 1 aliphatic carbocycles. The summed E-state index contributed by atoms with van der Waals surface area (Å²) in [5.41, 5.74) is -0.810. The first-order chi connectivity index (χ1) is 7.68. The Morgan fingerprint density at radius 2 is 2.00 bits per heavy atom. The largest absolute Gasteiger partial charge is 0.480 e. The molecule has 1 heterocycles. The van der Waals surface area contributed by atoms with E-state index in [9.17, 15) is 9.90 Å². The molecule has 0 radical (unpaired) electrons. The van der Waals surface area contributed by atoms with E-state index in [-0.39, 0.29) is 5.92 Å². The molecular weight excluding hydrogens is 202 g/mol. The number of rotatable bonds is 2. The van der Waals surface area contributed by atoms with Gasteiger partial charge in [-0.15, -0.1) is 0 Å². The van der Waals surface area contributed by atoms with Crippen molar-refractivity contribution in [1.82, 2.24) is 4.90 Å². The number of carboxylic acids is 1. The Morgan fingerprint density at radius 3 is 2.56 bits per heavy atom. The number of allylic oxidation sites excluding steroid dienone is 2. The summed E-state index contributed by atoms with van der Waals surface area (Å²) in [6.45, 7) is 3.78. The molecule has 1 N–H and O–H groups in total. The van der Waals surface area contributed by atoms with Crippen LogP contribution in [-0.4, -0.2) is 34.6 Å². The molecule has 0 aromatic heterocycles. The standard InChI is InChI=1S/C13H19NO2/c1-11-7-3-4-8-13(11,12(15)16)14-9-5-2-6-10-14/h3-4,7-8,11H,2,5-6,9-10H2,1H3,(H,15,16). The Labute approximate surface area is 96.4 Å². The van der Waals surface area contributed by atoms with Crippen molar-refractivity contribution < 1.29 is 9.90 Å². The third-order valence-electron chi connectivity index (χ3n) is 3.78. The van der Waals surface area contributed by atoms with Crippen molar-refractivity contribution in [3.63, 3.8) is 0 Å². The second-order valence-corrected chi connectivity index (χ2v) is 4.71. The van der Waals surface area contributed by atoms with Gasteiger partial charge in [0.05, 0.1) is 0 Å². The highest BCUT2D eigenvalue weighted by molar-refractivity contribution is 5.83. The van der Waals surface area contributed by atoms with Gasteiger partial charge >= 0.3 is 5.97 Å². The number of hydrogen-bond donors (Lipinski definition) is 1. The average Bonchev–Trinajstić information content (AvgIpc) is 2.30. The maximum Gasteiger partial charge on any atom is 0.328 e. The van der Waals surface area contributed by atoms with Crippen molar-refractivity contribution in [3.05, 3.63) is 24.3 Å². The van der Waals surface area contributed by atoms with Gasteiger partial charge in [-0.05, 0) is 25.9 Å². The van der Waals surface area contributed by atoms with Gasteiger partial charge in [0.15, 0.2) is 0 Å². The lowest BCUT2D eigenvalue weighted by molar-refractivity contribution is -0.151. The quantitative estimate of drug-likeness (QED) is 0.776. The molecule has 3 nitrogen and oxygen atoms in total. The van der Waals surface area contributed by atoms with Crippen LogP contribution in [0.4, 0.5) is 0 Å². The van der Waals surface area contributed by atoms with Crippen LogP contribution in [0.2, 0.25) is 0 Å². The molecular formula is C13H19NO2. The van der Waals surface area contributed by atoms with E-state index in [0.717, 1.165) is 25.9 Å². The summed E-state index contributed by atoms with van der Waals surface area (Å²) in [5, 5.41) is 9.58. The fourth-order valence-electron chi connectivity index (χ4n) is 2.79. The predicted molar refractivity (Wildman–Crippen MR) is 63.2 cm³/mol. The summed E-state index contributed by atoms with van der Waals surface area (Å²) < 4.78 is 0. The van der Waals surface area contributed by atoms with E-state index in [0.29, 0.717) is 0 Å². The fraction of sp³-hybridized carbons (Fsp3) is 0.615. The third kappa shape index (κ3) is 1.69. The molecule has 0 saturated carbocycles. The van der Waals surface area contributed by atoms with E-state index < -0.39 is 11.5 Å². The Balaban J connectivity index is 2.31. The minimum Gasteiger partial charge on any atom is -0.480 e. The Kier molecular flexibility index (Phi) is 3.15. The summed E-state index contributed by atoms with van der Waals surface area (Å²) in [4.78, 5) is 13.8. The topological polar surface area (TPSA) is 40.5 Å². The zero-order valence-electron chi connectivity index (χ0n) is 9.72. The highest BCUT2D eigenvalue weighted by Gasteiger charge is 2.46. The number of carbonyl (C=O) groups is 1. The van der Waals surface area contributed by atoms with Crippen LogP contribution < -0.4 is 0 Å². The number of carboxylic acid groups (broad SMARTS) is 1. The van der Waals surface area contributed by atoms with Crippen molar-refractivity contribution >= 4 is 5.97 Å². The van der Waals surface area contributed by atoms with Gasteiger partial charge in [0.25, 0.3) is 0 Å². The van der Waals surface area contributed by atoms with Crippen molar-refractivity contribution in [2.24, 2.45) is 5.92 Å². The van der Waals surface area contributed by atoms with Crippen molar-refractivity contribution in [1.29, 1.82) is 0 Å². The molecule has 2 unspecified atom stereocenters. The molecule has 2 aliphatic rings. The van der Waals surface area contributed by atoms with Gasteiger partial charge in [-0.3, -0.25) is 4.90 Å². The highest BCUT2D eigenvalue weighted by Crippen LogP contribution is 2.33. The molecule has 1 saturated heterocycles. The SMILES string of the molecule is CC1C=CC=CC1(C(=O)O)N1CCCCC1. The fourth-order valence-corrected chi connectivity index (χ4v) is 2.79. The summed E-state index contributed by atoms with van der Waals surface area (Å²) in [7, 11) is 0. The summed E-state index contributed by atoms with van der Waals surface area (Å²) in [5.74, 6) is -0.685. The van der Waals surface area contributed by atoms with Crippen LogP contribution in [-0.2, 0) is 4.79 Å². The highest BCUT2D eigenvalue weighted by atomic mass is 16.4. The zero-order chi connectivity index (χ0) is 11.6. The lowest BCUT2D eigenvalue weighted by Crippen LogP contribution is -2.59. The first-order valence-electron chi connectivity index (χ1n) is 6.02. The number of likely N-dealkylation sites (tertiary alicyclic amines) is 1. The molecule has 0 spiro atoms. The predicted octanol–water partition coefficient (Wildman–Crippen LogP) is 2.06. The smallest absolute Gasteiger partial charge is 0.328 e. The van der Waals surface area contributed by atoms with Gasteiger partial charge in [0.1, 0.15) is 5.54 Å². The van der Waals surface area contributed by atoms with Crippen molar-refractivity contribution in [3.8, 4) is 0 Å². The number of aliphatic carboxylic acids is 1. The minimum absolute atomic E-state index is 0.0353. The zero-order valence-corrected chi connectivity index (χ0v) is 9.72. The third-order valence-corrected chi connectivity index (χ3v) is 3.78. The Morgan fingerprint density at radius 1 is 1.31 bits per heavy atom. The average molecular weight is 221 g/mol. The molecule has 2 rings (SSSR count). The van der Waals surface area contributed by atoms with E-state index in [1.165, 1.54) is 6.42 Å². The van der Waals surface area contributed by atoms with E-state index in [2.05, 4.69) is 4.90 Å². The van der Waals surface area contributed by atoms with Gasteiger partial charge in [-0.1, -0.05) is 37.6 Å². The van der Waals surface area contributed by atoms with Gasteiger partial charge in [-0.2, -0.15) is 0 Å². The van der Waals surface area contributed by atoms with Gasteiger partial charge in [0.2, 0.25) is 0 Å². The molecule has 0 aromatic carbocycles. The first-order valence-corrected chi connectivity index (χ1v) is 6.02. The van der Waals surface area contributed by atoms with Crippen LogP contribution >= 0.6 is 0 Å². The molecule has 2 atom stereocenters. The van der Waals surface area contributed by atoms with Crippen molar-refractivity contribution in [2.45, 2.75) is 31.7 Å². The molecule has 0 amide bonds. The molecule has 0 aromatic rings. The summed E-state index contributed by atoms with van der Waals surface area (Å²) in [6, 6.07) is 0. The monoisotopic (exact) mass is 221 g/mol. The van der Waals surface area contributed by atoms with Crippen LogP contribution in [0.3, 0.4) is 0 Å². The molecule has 3 heteroatoms. The number of nitrogens with zero attached hydrogens (tertiary/aromatic N) is 1. The van der Waals surface area contributed by atoms with Gasteiger partial charge in [-0.25, -0.2) is 4.79 Å². The van der Waals surface area contributed by atoms with Crippen molar-refractivity contribution in [2.75, 3.05) is 13.1 Å². The van der Waals surface area contributed by atoms with Gasteiger partial charge < -0.3 is 5.11 Å². The van der Waals surface area contributed by atoms with E-state index in [4.69, 9.17) is 0 Å². The van der Waals surface area contributed by atoms with Crippen LogP contribution in [0.25, 0.3) is 0 Å². The number of hydrogen-bond acceptors (Lipinski definition) is 2. The lowest BCUT2D eigenvalue weighted by Gasteiger charge is -2.44. The van der Waals surface area contributed by atoms with Crippen LogP contribution in [0.1, 0.15) is 26.2 Å². The molecule has 1 fully saturated rings. The minimum atomic E-state index is -0.810. The molecule has 16 heavy (non-hydrogen) atoms. The first kappa shape index (κ1) is 11.4. The summed E-state index contributed by atoms with van der Waals surface area (Å²) in [6.07, 6.45) is 11.1. The van der Waals surface area contributed by atoms with Crippen LogP contribution in [0.5, 0.6) is 0 Å². The molecule has 1 aliphatic heterocycles. The maximum atomic E-state index is 11.7. The van der Waals surface area contributed by atoms with Crippen LogP contribution in [0.15, 0.2) is 24.3 Å². The van der Waals surface area contributed by atoms with E-state index in [1.807, 2.05) is 31.2 Å². The van der Waals surface area contributed by atoms with Crippen LogP contribution in [0, 0.1) is 5.92 Å². The van der Waals surface area contributed by atoms with Gasteiger partial charge in [0, 0.05) is 5.92 Å². The van der Waals surface area contributed by atoms with E-state index >= 15 is 0 Å². The Hall–Kier alpha value is -1.09. The summed E-state index contributed by atoms with van der Waals surface area (Å²) >= 11 is 0. The maximum absolute atomic E-state index is 11.7. The number of piperidine rings is 1. The second-order valence-electron chi connectivity index (χ2n) is 4.71. The van der Waals surface area contributed by atoms with E-state index in [1.54, 1.807) is 0 Å². The molecule has 0 bridgehead atoms.